The molecule has 0 unspecified atom stereocenters. The Hall–Kier alpha value is -1.88. The lowest BCUT2D eigenvalue weighted by Crippen LogP contribution is -2.46. The number of piperidine rings is 1. The lowest BCUT2D eigenvalue weighted by atomic mass is 10.0. The van der Waals surface area contributed by atoms with E-state index in [-0.39, 0.29) is 0 Å². The Morgan fingerprint density at radius 2 is 2.14 bits per heavy atom. The van der Waals surface area contributed by atoms with Crippen molar-refractivity contribution in [3.8, 4) is 0 Å². The van der Waals surface area contributed by atoms with Crippen LogP contribution in [0, 0.1) is 6.92 Å². The van der Waals surface area contributed by atoms with E-state index in [2.05, 4.69) is 57.3 Å². The molecule has 0 saturated carbocycles. The molecule has 0 spiro atoms. The van der Waals surface area contributed by atoms with Crippen molar-refractivity contribution in [3.05, 3.63) is 42.0 Å². The quantitative estimate of drug-likeness (QED) is 0.864. The fourth-order valence-corrected chi connectivity index (χ4v) is 2.95. The van der Waals surface area contributed by atoms with Gasteiger partial charge in [0.05, 0.1) is 6.54 Å². The van der Waals surface area contributed by atoms with Gasteiger partial charge >= 0.3 is 0 Å². The third-order valence-corrected chi connectivity index (χ3v) is 4.10. The van der Waals surface area contributed by atoms with Gasteiger partial charge in [0.25, 0.3) is 0 Å². The van der Waals surface area contributed by atoms with Crippen LogP contribution in [0.15, 0.2) is 34.9 Å². The standard InChI is InChI=1S/C16H22N4O/c1-13-17-16(18-21-13)12-19(2)15-9-6-10-20(11-15)14-7-4-3-5-8-14/h3-5,7-8,15H,6,9-12H2,1-2H3/t15-/m1/s1. The van der Waals surface area contributed by atoms with Crippen LogP contribution < -0.4 is 4.90 Å². The van der Waals surface area contributed by atoms with Crippen LogP contribution in [0.3, 0.4) is 0 Å². The van der Waals surface area contributed by atoms with Gasteiger partial charge in [0.1, 0.15) is 0 Å². The van der Waals surface area contributed by atoms with E-state index in [0.29, 0.717) is 11.9 Å². The highest BCUT2D eigenvalue weighted by Crippen LogP contribution is 2.22. The minimum absolute atomic E-state index is 0.526. The molecule has 0 amide bonds. The van der Waals surface area contributed by atoms with Gasteiger partial charge in [-0.1, -0.05) is 23.4 Å². The van der Waals surface area contributed by atoms with Crippen molar-refractivity contribution in [2.45, 2.75) is 32.4 Å². The molecule has 1 saturated heterocycles. The maximum Gasteiger partial charge on any atom is 0.223 e. The summed E-state index contributed by atoms with van der Waals surface area (Å²) in [5.74, 6) is 1.40. The molecule has 0 N–H and O–H groups in total. The second kappa shape index (κ2) is 6.26. The number of hydrogen-bond acceptors (Lipinski definition) is 5. The SMILES string of the molecule is Cc1nc(CN(C)[C@@H]2CCCN(c3ccccc3)C2)no1. The fourth-order valence-electron chi connectivity index (χ4n) is 2.95. The summed E-state index contributed by atoms with van der Waals surface area (Å²) in [6, 6.07) is 11.2. The van der Waals surface area contributed by atoms with Gasteiger partial charge in [0.15, 0.2) is 5.82 Å². The number of nitrogens with zero attached hydrogens (tertiary/aromatic N) is 4. The smallest absolute Gasteiger partial charge is 0.223 e. The molecule has 2 heterocycles. The van der Waals surface area contributed by atoms with Crippen LogP contribution >= 0.6 is 0 Å². The Morgan fingerprint density at radius 3 is 2.86 bits per heavy atom. The van der Waals surface area contributed by atoms with Crippen LogP contribution in [-0.4, -0.2) is 41.2 Å². The maximum atomic E-state index is 5.04. The summed E-state index contributed by atoms with van der Waals surface area (Å²) in [6.07, 6.45) is 2.44. The minimum Gasteiger partial charge on any atom is -0.370 e. The van der Waals surface area contributed by atoms with Crippen molar-refractivity contribution in [1.29, 1.82) is 0 Å². The molecule has 1 aromatic heterocycles. The first-order valence-corrected chi connectivity index (χ1v) is 7.52. The number of aromatic nitrogens is 2. The van der Waals surface area contributed by atoms with E-state index >= 15 is 0 Å². The Balaban J connectivity index is 1.62. The first-order valence-electron chi connectivity index (χ1n) is 7.52. The van der Waals surface area contributed by atoms with Crippen molar-refractivity contribution in [2.24, 2.45) is 0 Å². The summed E-state index contributed by atoms with van der Waals surface area (Å²) in [5.41, 5.74) is 1.31. The maximum absolute atomic E-state index is 5.04. The van der Waals surface area contributed by atoms with Crippen molar-refractivity contribution in [3.63, 3.8) is 0 Å². The Bertz CT molecular complexity index is 569. The lowest BCUT2D eigenvalue weighted by Gasteiger charge is -2.38. The number of rotatable bonds is 4. The third kappa shape index (κ3) is 3.42. The summed E-state index contributed by atoms with van der Waals surface area (Å²) in [5, 5.41) is 3.99. The molecule has 0 bridgehead atoms. The molecule has 5 heteroatoms. The van der Waals surface area contributed by atoms with Crippen LogP contribution in [0.25, 0.3) is 0 Å². The van der Waals surface area contributed by atoms with Gasteiger partial charge in [-0.25, -0.2) is 0 Å². The van der Waals surface area contributed by atoms with Crippen LogP contribution in [0.5, 0.6) is 0 Å². The van der Waals surface area contributed by atoms with Gasteiger partial charge in [-0.2, -0.15) is 4.98 Å². The van der Waals surface area contributed by atoms with Crippen molar-refractivity contribution in [2.75, 3.05) is 25.0 Å². The molecule has 1 aromatic carbocycles. The lowest BCUT2D eigenvalue weighted by molar-refractivity contribution is 0.201. The van der Waals surface area contributed by atoms with Gasteiger partial charge in [-0.3, -0.25) is 4.90 Å². The van der Waals surface area contributed by atoms with Gasteiger partial charge in [-0.05, 0) is 32.0 Å². The molecule has 21 heavy (non-hydrogen) atoms. The van der Waals surface area contributed by atoms with E-state index in [9.17, 15) is 0 Å². The molecule has 2 aromatic rings. The highest BCUT2D eigenvalue weighted by Gasteiger charge is 2.24. The normalized spacial score (nSPS) is 19.2. The van der Waals surface area contributed by atoms with Gasteiger partial charge in [-0.15, -0.1) is 0 Å². The first-order chi connectivity index (χ1) is 10.2. The number of hydrogen-bond donors (Lipinski definition) is 0. The minimum atomic E-state index is 0.526. The molecule has 3 rings (SSSR count). The van der Waals surface area contributed by atoms with Crippen molar-refractivity contribution < 1.29 is 4.52 Å². The van der Waals surface area contributed by atoms with Gasteiger partial charge in [0, 0.05) is 31.7 Å². The molecule has 0 aliphatic carbocycles. The predicted molar refractivity (Wildman–Crippen MR) is 82.2 cm³/mol. The molecule has 5 nitrogen and oxygen atoms in total. The average molecular weight is 286 g/mol. The average Bonchev–Trinajstić information content (AvgIpc) is 2.93. The topological polar surface area (TPSA) is 45.4 Å². The molecule has 0 radical (unpaired) electrons. The van der Waals surface area contributed by atoms with E-state index in [0.717, 1.165) is 25.5 Å². The number of anilines is 1. The Kier molecular flexibility index (Phi) is 4.20. The molecular weight excluding hydrogens is 264 g/mol. The predicted octanol–water partition coefficient (Wildman–Crippen LogP) is 2.48. The zero-order chi connectivity index (χ0) is 14.7. The largest absolute Gasteiger partial charge is 0.370 e. The van der Waals surface area contributed by atoms with E-state index < -0.39 is 0 Å². The van der Waals surface area contributed by atoms with E-state index in [1.807, 2.05) is 6.92 Å². The van der Waals surface area contributed by atoms with E-state index in [4.69, 9.17) is 4.52 Å². The highest BCUT2D eigenvalue weighted by molar-refractivity contribution is 5.46. The molecule has 1 atom stereocenters. The second-order valence-corrected chi connectivity index (χ2v) is 5.72. The zero-order valence-electron chi connectivity index (χ0n) is 12.7. The summed E-state index contributed by atoms with van der Waals surface area (Å²) < 4.78 is 5.04. The Morgan fingerprint density at radius 1 is 1.33 bits per heavy atom. The number of aryl methyl sites for hydroxylation is 1. The third-order valence-electron chi connectivity index (χ3n) is 4.10. The van der Waals surface area contributed by atoms with E-state index in [1.54, 1.807) is 0 Å². The van der Waals surface area contributed by atoms with Crippen LogP contribution in [-0.2, 0) is 6.54 Å². The number of likely N-dealkylation sites (N-methyl/N-ethyl adjacent to an activating group) is 1. The monoisotopic (exact) mass is 286 g/mol. The molecule has 1 fully saturated rings. The van der Waals surface area contributed by atoms with Crippen LogP contribution in [0.4, 0.5) is 5.69 Å². The van der Waals surface area contributed by atoms with Crippen LogP contribution in [0.2, 0.25) is 0 Å². The summed E-state index contributed by atoms with van der Waals surface area (Å²) in [4.78, 5) is 9.09. The number of benzene rings is 1. The van der Waals surface area contributed by atoms with Gasteiger partial charge in [0.2, 0.25) is 5.89 Å². The second-order valence-electron chi connectivity index (χ2n) is 5.72. The number of para-hydroxylation sites is 1. The van der Waals surface area contributed by atoms with Gasteiger partial charge < -0.3 is 9.42 Å². The molecule has 112 valence electrons. The Labute approximate surface area is 125 Å². The summed E-state index contributed by atoms with van der Waals surface area (Å²) in [7, 11) is 2.14. The fraction of sp³-hybridized carbons (Fsp3) is 0.500. The summed E-state index contributed by atoms with van der Waals surface area (Å²) in [6.45, 7) is 4.76. The first kappa shape index (κ1) is 14.1. The van der Waals surface area contributed by atoms with Crippen molar-refractivity contribution in [1.82, 2.24) is 15.0 Å². The molecule has 1 aliphatic heterocycles. The van der Waals surface area contributed by atoms with Crippen molar-refractivity contribution >= 4 is 5.69 Å². The zero-order valence-corrected chi connectivity index (χ0v) is 12.7. The van der Waals surface area contributed by atoms with Crippen LogP contribution in [0.1, 0.15) is 24.6 Å². The summed E-state index contributed by atoms with van der Waals surface area (Å²) >= 11 is 0. The molecular formula is C16H22N4O. The molecule has 1 aliphatic rings. The van der Waals surface area contributed by atoms with E-state index in [1.165, 1.54) is 18.5 Å². The highest BCUT2D eigenvalue weighted by atomic mass is 16.5.